The smallest absolute Gasteiger partial charge is 0.310 e. The SMILES string of the molecule is CC/C=C/CC(=O)OC1c2ccccc2C(=O)C1c1ccc(C)c(Cl)c1Cl. The van der Waals surface area contributed by atoms with E-state index in [4.69, 9.17) is 27.9 Å². The van der Waals surface area contributed by atoms with Crippen LogP contribution < -0.4 is 0 Å². The summed E-state index contributed by atoms with van der Waals surface area (Å²) in [7, 11) is 0. The van der Waals surface area contributed by atoms with E-state index in [-0.39, 0.29) is 18.2 Å². The largest absolute Gasteiger partial charge is 0.456 e. The summed E-state index contributed by atoms with van der Waals surface area (Å²) in [5.74, 6) is -1.20. The van der Waals surface area contributed by atoms with Gasteiger partial charge in [-0.15, -0.1) is 0 Å². The first kappa shape index (κ1) is 19.7. The number of carbonyl (C=O) groups excluding carboxylic acids is 2. The minimum Gasteiger partial charge on any atom is -0.456 e. The fourth-order valence-electron chi connectivity index (χ4n) is 3.33. The maximum absolute atomic E-state index is 13.1. The van der Waals surface area contributed by atoms with Crippen LogP contribution in [0.3, 0.4) is 0 Å². The molecule has 0 spiro atoms. The molecule has 2 aromatic carbocycles. The Morgan fingerprint density at radius 2 is 1.81 bits per heavy atom. The van der Waals surface area contributed by atoms with Crippen molar-refractivity contribution < 1.29 is 14.3 Å². The van der Waals surface area contributed by atoms with Crippen molar-refractivity contribution in [3.05, 3.63) is 80.8 Å². The number of hydrogen-bond donors (Lipinski definition) is 0. The molecular formula is C22H20Cl2O3. The van der Waals surface area contributed by atoms with E-state index in [1.54, 1.807) is 24.3 Å². The number of esters is 1. The Labute approximate surface area is 168 Å². The van der Waals surface area contributed by atoms with Gasteiger partial charge in [0.25, 0.3) is 0 Å². The zero-order valence-corrected chi connectivity index (χ0v) is 16.7. The maximum atomic E-state index is 13.1. The average Bonchev–Trinajstić information content (AvgIpc) is 2.93. The highest BCUT2D eigenvalue weighted by Gasteiger charge is 2.44. The molecule has 3 nitrogen and oxygen atoms in total. The molecule has 0 heterocycles. The van der Waals surface area contributed by atoms with Crippen molar-refractivity contribution in [1.82, 2.24) is 0 Å². The Bertz CT molecular complexity index is 918. The summed E-state index contributed by atoms with van der Waals surface area (Å²) < 4.78 is 5.73. The molecule has 2 atom stereocenters. The molecule has 27 heavy (non-hydrogen) atoms. The molecule has 1 aliphatic carbocycles. The van der Waals surface area contributed by atoms with E-state index in [0.717, 1.165) is 12.0 Å². The van der Waals surface area contributed by atoms with Crippen molar-refractivity contribution in [2.45, 2.75) is 38.7 Å². The molecule has 0 saturated heterocycles. The molecule has 0 radical (unpaired) electrons. The number of Topliss-reactive ketones (excluding diaryl/α,β-unsaturated/α-hetero) is 1. The predicted octanol–water partition coefficient (Wildman–Crippen LogP) is 6.22. The van der Waals surface area contributed by atoms with Crippen LogP contribution in [0.2, 0.25) is 10.0 Å². The van der Waals surface area contributed by atoms with Gasteiger partial charge in [-0.3, -0.25) is 9.59 Å². The predicted molar refractivity (Wildman–Crippen MR) is 108 cm³/mol. The quantitative estimate of drug-likeness (QED) is 0.440. The van der Waals surface area contributed by atoms with E-state index < -0.39 is 12.0 Å². The Balaban J connectivity index is 2.01. The number of ketones is 1. The number of fused-ring (bicyclic) bond motifs is 1. The summed E-state index contributed by atoms with van der Waals surface area (Å²) in [5, 5.41) is 0.739. The molecule has 2 unspecified atom stereocenters. The zero-order valence-electron chi connectivity index (χ0n) is 15.2. The number of ether oxygens (including phenoxy) is 1. The lowest BCUT2D eigenvalue weighted by molar-refractivity contribution is -0.148. The average molecular weight is 403 g/mol. The Kier molecular flexibility index (Phi) is 6.03. The third kappa shape index (κ3) is 3.80. The van der Waals surface area contributed by atoms with Crippen LogP contribution >= 0.6 is 23.2 Å². The molecule has 0 saturated carbocycles. The van der Waals surface area contributed by atoms with E-state index in [1.165, 1.54) is 0 Å². The molecule has 3 rings (SSSR count). The first-order valence-corrected chi connectivity index (χ1v) is 9.63. The molecule has 0 aromatic heterocycles. The molecule has 1 aliphatic rings. The van der Waals surface area contributed by atoms with Gasteiger partial charge < -0.3 is 4.74 Å². The Morgan fingerprint density at radius 3 is 2.56 bits per heavy atom. The number of carbonyl (C=O) groups is 2. The van der Waals surface area contributed by atoms with Crippen molar-refractivity contribution in [3.8, 4) is 0 Å². The summed E-state index contributed by atoms with van der Waals surface area (Å²) in [4.78, 5) is 25.4. The van der Waals surface area contributed by atoms with E-state index in [9.17, 15) is 9.59 Å². The monoisotopic (exact) mass is 402 g/mol. The van der Waals surface area contributed by atoms with Gasteiger partial charge in [-0.1, -0.05) is 78.7 Å². The number of halogens is 2. The van der Waals surface area contributed by atoms with Gasteiger partial charge in [0.1, 0.15) is 6.10 Å². The zero-order chi connectivity index (χ0) is 19.6. The van der Waals surface area contributed by atoms with Gasteiger partial charge in [-0.2, -0.15) is 0 Å². The summed E-state index contributed by atoms with van der Waals surface area (Å²) in [6.45, 7) is 3.84. The minimum absolute atomic E-state index is 0.116. The lowest BCUT2D eigenvalue weighted by atomic mass is 9.92. The van der Waals surface area contributed by atoms with Gasteiger partial charge in [0.05, 0.1) is 22.4 Å². The molecule has 0 N–H and O–H groups in total. The second-order valence-corrected chi connectivity index (χ2v) is 7.28. The van der Waals surface area contributed by atoms with E-state index >= 15 is 0 Å². The summed E-state index contributed by atoms with van der Waals surface area (Å²) >= 11 is 12.8. The molecule has 0 bridgehead atoms. The molecule has 140 valence electrons. The van der Waals surface area contributed by atoms with Crippen LogP contribution in [0.1, 0.15) is 58.8 Å². The van der Waals surface area contributed by atoms with Crippen molar-refractivity contribution in [1.29, 1.82) is 0 Å². The van der Waals surface area contributed by atoms with Gasteiger partial charge in [0.2, 0.25) is 0 Å². The third-order valence-electron chi connectivity index (χ3n) is 4.70. The highest BCUT2D eigenvalue weighted by Crippen LogP contribution is 2.48. The molecule has 0 aliphatic heterocycles. The van der Waals surface area contributed by atoms with Crippen molar-refractivity contribution in [2.75, 3.05) is 0 Å². The highest BCUT2D eigenvalue weighted by molar-refractivity contribution is 6.43. The standard InChI is InChI=1S/C22H20Cl2O3/c1-3-4-5-10-17(25)27-22-15-9-7-6-8-14(15)21(26)18(22)16-12-11-13(2)19(23)20(16)24/h4-9,11-12,18,22H,3,10H2,1-2H3/b5-4+. The third-order valence-corrected chi connectivity index (χ3v) is 5.69. The van der Waals surface area contributed by atoms with Crippen LogP contribution in [0.4, 0.5) is 0 Å². The number of benzene rings is 2. The first-order valence-electron chi connectivity index (χ1n) is 8.87. The van der Waals surface area contributed by atoms with Gasteiger partial charge in [0, 0.05) is 11.1 Å². The molecule has 0 amide bonds. The molecular weight excluding hydrogens is 383 g/mol. The number of aryl methyl sites for hydroxylation is 1. The molecule has 5 heteroatoms. The lowest BCUT2D eigenvalue weighted by Gasteiger charge is -2.22. The van der Waals surface area contributed by atoms with Crippen molar-refractivity contribution in [2.24, 2.45) is 0 Å². The Hall–Kier alpha value is -2.10. The van der Waals surface area contributed by atoms with Crippen LogP contribution in [0.5, 0.6) is 0 Å². The molecule has 0 fully saturated rings. The van der Waals surface area contributed by atoms with E-state index in [0.29, 0.717) is 26.7 Å². The normalized spacial score (nSPS) is 18.7. The fourth-order valence-corrected chi connectivity index (χ4v) is 3.83. The van der Waals surface area contributed by atoms with Crippen LogP contribution in [0.25, 0.3) is 0 Å². The van der Waals surface area contributed by atoms with Crippen LogP contribution in [0, 0.1) is 6.92 Å². The maximum Gasteiger partial charge on any atom is 0.310 e. The minimum atomic E-state index is -0.715. The number of rotatable bonds is 5. The van der Waals surface area contributed by atoms with Gasteiger partial charge in [-0.05, 0) is 24.5 Å². The van der Waals surface area contributed by atoms with Gasteiger partial charge in [0.15, 0.2) is 5.78 Å². The highest BCUT2D eigenvalue weighted by atomic mass is 35.5. The van der Waals surface area contributed by atoms with Crippen LogP contribution in [-0.4, -0.2) is 11.8 Å². The fraction of sp³-hybridized carbons (Fsp3) is 0.273. The summed E-state index contributed by atoms with van der Waals surface area (Å²) in [6, 6.07) is 10.8. The van der Waals surface area contributed by atoms with Crippen molar-refractivity contribution in [3.63, 3.8) is 0 Å². The van der Waals surface area contributed by atoms with Crippen LogP contribution in [0.15, 0.2) is 48.6 Å². The number of hydrogen-bond acceptors (Lipinski definition) is 3. The lowest BCUT2D eigenvalue weighted by Crippen LogP contribution is -2.18. The number of allylic oxidation sites excluding steroid dienone is 1. The topological polar surface area (TPSA) is 43.4 Å². The second kappa shape index (κ2) is 8.28. The summed E-state index contributed by atoms with van der Waals surface area (Å²) in [5.41, 5.74) is 2.66. The van der Waals surface area contributed by atoms with Gasteiger partial charge in [-0.25, -0.2) is 0 Å². The Morgan fingerprint density at radius 1 is 1.07 bits per heavy atom. The summed E-state index contributed by atoms with van der Waals surface area (Å²) in [6.07, 6.45) is 3.97. The van der Waals surface area contributed by atoms with Gasteiger partial charge >= 0.3 is 5.97 Å². The van der Waals surface area contributed by atoms with Crippen molar-refractivity contribution >= 4 is 35.0 Å². The van der Waals surface area contributed by atoms with Crippen LogP contribution in [-0.2, 0) is 9.53 Å². The van der Waals surface area contributed by atoms with E-state index in [2.05, 4.69) is 0 Å². The molecule has 2 aromatic rings. The first-order chi connectivity index (χ1) is 13.0. The second-order valence-electron chi connectivity index (χ2n) is 6.52. The van der Waals surface area contributed by atoms with E-state index in [1.807, 2.05) is 38.1 Å².